The van der Waals surface area contributed by atoms with E-state index in [9.17, 15) is 8.42 Å². The van der Waals surface area contributed by atoms with Gasteiger partial charge in [0.2, 0.25) is 10.0 Å². The Hall–Kier alpha value is -2.11. The number of aromatic nitrogens is 1. The number of nitrogens with zero attached hydrogens (tertiary/aromatic N) is 1. The summed E-state index contributed by atoms with van der Waals surface area (Å²) < 4.78 is 23.0. The number of rotatable bonds is 7. The van der Waals surface area contributed by atoms with E-state index >= 15 is 0 Å². The third-order valence-corrected chi connectivity index (χ3v) is 5.26. The number of nitrogens with one attached hydrogen (secondary N) is 3. The molecular formula is C20H26IN5O2S. The number of guanidine groups is 1. The molecule has 0 unspecified atom stereocenters. The number of H-pyrrole nitrogens is 1. The van der Waals surface area contributed by atoms with E-state index in [1.807, 2.05) is 31.3 Å². The SMILES string of the molecule is CCNC(=NCc1cccc(S(N)(=O)=O)c1)NCCc1c[nH]c2ccccc12.I. The van der Waals surface area contributed by atoms with Crippen LogP contribution in [0, 0.1) is 0 Å². The average Bonchev–Trinajstić information content (AvgIpc) is 3.09. The molecule has 5 N–H and O–H groups in total. The van der Waals surface area contributed by atoms with Crippen LogP contribution in [0.3, 0.4) is 0 Å². The molecule has 0 spiro atoms. The number of sulfonamides is 1. The van der Waals surface area contributed by atoms with Gasteiger partial charge in [0.25, 0.3) is 0 Å². The molecule has 29 heavy (non-hydrogen) atoms. The number of para-hydroxylation sites is 1. The van der Waals surface area contributed by atoms with Gasteiger partial charge in [0.15, 0.2) is 5.96 Å². The lowest BCUT2D eigenvalue weighted by Gasteiger charge is -2.11. The van der Waals surface area contributed by atoms with E-state index in [1.54, 1.807) is 12.1 Å². The lowest BCUT2D eigenvalue weighted by atomic mass is 10.1. The number of aromatic amines is 1. The Bertz CT molecular complexity index is 1080. The Morgan fingerprint density at radius 1 is 1.14 bits per heavy atom. The molecule has 156 valence electrons. The summed E-state index contributed by atoms with van der Waals surface area (Å²) in [6.45, 7) is 3.81. The topological polar surface area (TPSA) is 112 Å². The molecule has 9 heteroatoms. The second kappa shape index (κ2) is 10.6. The average molecular weight is 527 g/mol. The molecule has 0 radical (unpaired) electrons. The molecule has 2 aromatic carbocycles. The Balaban J connectivity index is 0.00000300. The highest BCUT2D eigenvalue weighted by Gasteiger charge is 2.08. The predicted octanol–water partition coefficient (Wildman–Crippen LogP) is 2.73. The highest BCUT2D eigenvalue weighted by Crippen LogP contribution is 2.17. The number of aliphatic imine (C=N–C) groups is 1. The van der Waals surface area contributed by atoms with Crippen molar-refractivity contribution in [1.82, 2.24) is 15.6 Å². The Morgan fingerprint density at radius 2 is 1.93 bits per heavy atom. The van der Waals surface area contributed by atoms with Crippen molar-refractivity contribution in [2.24, 2.45) is 10.1 Å². The van der Waals surface area contributed by atoms with Gasteiger partial charge in [-0.1, -0.05) is 30.3 Å². The summed E-state index contributed by atoms with van der Waals surface area (Å²) in [5.74, 6) is 0.684. The van der Waals surface area contributed by atoms with Crippen molar-refractivity contribution in [3.05, 3.63) is 65.9 Å². The van der Waals surface area contributed by atoms with Crippen molar-refractivity contribution in [2.75, 3.05) is 13.1 Å². The van der Waals surface area contributed by atoms with Gasteiger partial charge in [-0.3, -0.25) is 0 Å². The maximum atomic E-state index is 11.5. The zero-order chi connectivity index (χ0) is 20.0. The molecule has 0 aliphatic carbocycles. The summed E-state index contributed by atoms with van der Waals surface area (Å²) >= 11 is 0. The van der Waals surface area contributed by atoms with Crippen LogP contribution < -0.4 is 15.8 Å². The highest BCUT2D eigenvalue weighted by atomic mass is 127. The minimum absolute atomic E-state index is 0. The molecule has 0 aliphatic heterocycles. The molecule has 0 amide bonds. The zero-order valence-corrected chi connectivity index (χ0v) is 19.3. The molecule has 3 aromatic rings. The lowest BCUT2D eigenvalue weighted by Crippen LogP contribution is -2.38. The Kier molecular flexibility index (Phi) is 8.47. The van der Waals surface area contributed by atoms with Gasteiger partial charge in [-0.15, -0.1) is 24.0 Å². The van der Waals surface area contributed by atoms with Crippen LogP contribution >= 0.6 is 24.0 Å². The first-order valence-electron chi connectivity index (χ1n) is 9.16. The molecular weight excluding hydrogens is 501 g/mol. The maximum absolute atomic E-state index is 11.5. The van der Waals surface area contributed by atoms with Crippen molar-refractivity contribution in [3.63, 3.8) is 0 Å². The van der Waals surface area contributed by atoms with Crippen LogP contribution in [0.4, 0.5) is 0 Å². The van der Waals surface area contributed by atoms with E-state index < -0.39 is 10.0 Å². The molecule has 3 rings (SSSR count). The van der Waals surface area contributed by atoms with Gasteiger partial charge in [-0.2, -0.15) is 0 Å². The fraction of sp³-hybridized carbons (Fsp3) is 0.250. The first-order valence-corrected chi connectivity index (χ1v) is 10.7. The lowest BCUT2D eigenvalue weighted by molar-refractivity contribution is 0.597. The molecule has 0 saturated carbocycles. The fourth-order valence-corrected chi connectivity index (χ4v) is 3.57. The molecule has 1 heterocycles. The van der Waals surface area contributed by atoms with E-state index in [0.717, 1.165) is 30.6 Å². The minimum Gasteiger partial charge on any atom is -0.361 e. The summed E-state index contributed by atoms with van der Waals surface area (Å²) in [6.07, 6.45) is 2.89. The van der Waals surface area contributed by atoms with Crippen LogP contribution in [-0.4, -0.2) is 32.5 Å². The van der Waals surface area contributed by atoms with Crippen LogP contribution in [0.1, 0.15) is 18.1 Å². The van der Waals surface area contributed by atoms with Crippen molar-refractivity contribution in [1.29, 1.82) is 0 Å². The van der Waals surface area contributed by atoms with Crippen molar-refractivity contribution in [3.8, 4) is 0 Å². The van der Waals surface area contributed by atoms with Crippen LogP contribution in [0.15, 0.2) is 64.6 Å². The van der Waals surface area contributed by atoms with Crippen molar-refractivity contribution in [2.45, 2.75) is 24.8 Å². The number of hydrogen-bond donors (Lipinski definition) is 4. The molecule has 0 bridgehead atoms. The molecule has 0 atom stereocenters. The number of benzene rings is 2. The number of fused-ring (bicyclic) bond motifs is 1. The third kappa shape index (κ3) is 6.44. The van der Waals surface area contributed by atoms with E-state index in [2.05, 4.69) is 32.7 Å². The Labute approximate surface area is 188 Å². The standard InChI is InChI=1S/C20H25N5O2S.HI/c1-2-22-20(25-13-15-6-5-7-17(12-15)28(21,26)27)23-11-10-16-14-24-19-9-4-3-8-18(16)19;/h3-9,12,14,24H,2,10-11,13H2,1H3,(H2,21,26,27)(H2,22,23,25);1H. The molecule has 1 aromatic heterocycles. The van der Waals surface area contributed by atoms with Crippen LogP contribution in [0.25, 0.3) is 10.9 Å². The largest absolute Gasteiger partial charge is 0.361 e. The normalized spacial score (nSPS) is 11.9. The van der Waals surface area contributed by atoms with Gasteiger partial charge in [-0.05, 0) is 42.7 Å². The summed E-state index contributed by atoms with van der Waals surface area (Å²) in [5, 5.41) is 12.9. The van der Waals surface area contributed by atoms with Gasteiger partial charge in [0, 0.05) is 30.2 Å². The van der Waals surface area contributed by atoms with Crippen LogP contribution in [-0.2, 0) is 23.0 Å². The van der Waals surface area contributed by atoms with Gasteiger partial charge in [0.05, 0.1) is 11.4 Å². The van der Waals surface area contributed by atoms with Crippen molar-refractivity contribution < 1.29 is 8.42 Å². The van der Waals surface area contributed by atoms with E-state index in [-0.39, 0.29) is 28.9 Å². The number of nitrogens with two attached hydrogens (primary N) is 1. The second-order valence-electron chi connectivity index (χ2n) is 6.42. The van der Waals surface area contributed by atoms with E-state index in [1.165, 1.54) is 17.0 Å². The summed E-state index contributed by atoms with van der Waals surface area (Å²) in [7, 11) is -3.71. The third-order valence-electron chi connectivity index (χ3n) is 4.35. The summed E-state index contributed by atoms with van der Waals surface area (Å²) in [4.78, 5) is 7.92. The molecule has 0 aliphatic rings. The Morgan fingerprint density at radius 3 is 2.69 bits per heavy atom. The molecule has 7 nitrogen and oxygen atoms in total. The molecule has 0 fully saturated rings. The predicted molar refractivity (Wildman–Crippen MR) is 128 cm³/mol. The maximum Gasteiger partial charge on any atom is 0.238 e. The monoisotopic (exact) mass is 527 g/mol. The van der Waals surface area contributed by atoms with Gasteiger partial charge < -0.3 is 15.6 Å². The smallest absolute Gasteiger partial charge is 0.238 e. The van der Waals surface area contributed by atoms with E-state index in [4.69, 9.17) is 5.14 Å². The number of hydrogen-bond acceptors (Lipinski definition) is 3. The van der Waals surface area contributed by atoms with Crippen LogP contribution in [0.2, 0.25) is 0 Å². The number of halogens is 1. The van der Waals surface area contributed by atoms with E-state index in [0.29, 0.717) is 12.5 Å². The quantitative estimate of drug-likeness (QED) is 0.215. The van der Waals surface area contributed by atoms with Gasteiger partial charge >= 0.3 is 0 Å². The molecule has 0 saturated heterocycles. The highest BCUT2D eigenvalue weighted by molar-refractivity contribution is 14.0. The van der Waals surface area contributed by atoms with Crippen LogP contribution in [0.5, 0.6) is 0 Å². The second-order valence-corrected chi connectivity index (χ2v) is 7.99. The first kappa shape index (κ1) is 23.2. The summed E-state index contributed by atoms with van der Waals surface area (Å²) in [5.41, 5.74) is 3.16. The first-order chi connectivity index (χ1) is 13.5. The van der Waals surface area contributed by atoms with Gasteiger partial charge in [0.1, 0.15) is 0 Å². The van der Waals surface area contributed by atoms with Gasteiger partial charge in [-0.25, -0.2) is 18.5 Å². The summed E-state index contributed by atoms with van der Waals surface area (Å²) in [6, 6.07) is 14.7. The zero-order valence-electron chi connectivity index (χ0n) is 16.2. The minimum atomic E-state index is -3.71. The van der Waals surface area contributed by atoms with Crippen molar-refractivity contribution >= 4 is 50.9 Å². The fourth-order valence-electron chi connectivity index (χ4n) is 2.99. The number of primary sulfonamides is 1.